The standard InChI is InChI=1S/C20H23F3O4/c1-10(27-18-14-5-11-4-12(7-14)8-15(18)6-11)26-17-9-13(19(24)25)2-3-16(17)20(21,22)23/h2-3,9-12,14-15,18H,4-8H2,1H3,(H,24,25)/p-1. The molecule has 0 saturated heterocycles. The van der Waals surface area contributed by atoms with Gasteiger partial charge in [0.25, 0.3) is 0 Å². The number of carbonyl (C=O) groups excluding carboxylic acids is 1. The van der Waals surface area contributed by atoms with E-state index in [0.717, 1.165) is 49.7 Å². The van der Waals surface area contributed by atoms with Gasteiger partial charge in [0.2, 0.25) is 0 Å². The molecule has 27 heavy (non-hydrogen) atoms. The van der Waals surface area contributed by atoms with Gasteiger partial charge in [-0.3, -0.25) is 0 Å². The molecule has 5 rings (SSSR count). The minimum Gasteiger partial charge on any atom is -0.545 e. The lowest BCUT2D eigenvalue weighted by Gasteiger charge is -2.54. The molecule has 148 valence electrons. The van der Waals surface area contributed by atoms with E-state index in [-0.39, 0.29) is 11.7 Å². The van der Waals surface area contributed by atoms with E-state index in [0.29, 0.717) is 17.9 Å². The smallest absolute Gasteiger partial charge is 0.419 e. The van der Waals surface area contributed by atoms with Gasteiger partial charge in [0.1, 0.15) is 5.75 Å². The van der Waals surface area contributed by atoms with Gasteiger partial charge < -0.3 is 19.4 Å². The lowest BCUT2D eigenvalue weighted by atomic mass is 9.55. The molecule has 1 atom stereocenters. The molecule has 1 aromatic carbocycles. The lowest BCUT2D eigenvalue weighted by Crippen LogP contribution is -2.50. The van der Waals surface area contributed by atoms with Crippen molar-refractivity contribution in [2.24, 2.45) is 23.7 Å². The summed E-state index contributed by atoms with van der Waals surface area (Å²) in [6.45, 7) is 1.57. The maximum Gasteiger partial charge on any atom is 0.419 e. The Labute approximate surface area is 155 Å². The molecule has 0 spiro atoms. The van der Waals surface area contributed by atoms with Crippen LogP contribution in [0.15, 0.2) is 18.2 Å². The van der Waals surface area contributed by atoms with Crippen molar-refractivity contribution >= 4 is 5.97 Å². The zero-order chi connectivity index (χ0) is 19.3. The zero-order valence-electron chi connectivity index (χ0n) is 15.0. The van der Waals surface area contributed by atoms with E-state index < -0.39 is 29.7 Å². The third-order valence-electron chi connectivity index (χ3n) is 6.30. The fraction of sp³-hybridized carbons (Fsp3) is 0.650. The summed E-state index contributed by atoms with van der Waals surface area (Å²) in [5.41, 5.74) is -1.38. The molecule has 0 radical (unpaired) electrons. The maximum atomic E-state index is 13.2. The number of carboxylic acid groups (broad SMARTS) is 1. The summed E-state index contributed by atoms with van der Waals surface area (Å²) in [6.07, 6.45) is 0.254. The Hall–Kier alpha value is -1.76. The molecule has 4 aliphatic rings. The van der Waals surface area contributed by atoms with Crippen molar-refractivity contribution < 1.29 is 32.5 Å². The number of carbonyl (C=O) groups is 1. The summed E-state index contributed by atoms with van der Waals surface area (Å²) in [5.74, 6) is 0.330. The SMILES string of the molecule is CC(Oc1cc(C(=O)[O-])ccc1C(F)(F)F)OC1C2CC3CC(C2)CC1C3. The van der Waals surface area contributed by atoms with Crippen LogP contribution in [0.25, 0.3) is 0 Å². The Morgan fingerprint density at radius 3 is 2.22 bits per heavy atom. The van der Waals surface area contributed by atoms with Gasteiger partial charge in [-0.15, -0.1) is 0 Å². The quantitative estimate of drug-likeness (QED) is 0.729. The molecule has 1 aromatic rings. The predicted molar refractivity (Wildman–Crippen MR) is 87.8 cm³/mol. The van der Waals surface area contributed by atoms with Crippen LogP contribution >= 0.6 is 0 Å². The molecule has 4 aliphatic carbocycles. The summed E-state index contributed by atoms with van der Waals surface area (Å²) in [5, 5.41) is 11.0. The van der Waals surface area contributed by atoms with Crippen molar-refractivity contribution in [3.63, 3.8) is 0 Å². The summed E-state index contributed by atoms with van der Waals surface area (Å²) in [7, 11) is 0. The average molecular weight is 383 g/mol. The van der Waals surface area contributed by atoms with E-state index >= 15 is 0 Å². The van der Waals surface area contributed by atoms with Crippen molar-refractivity contribution in [3.05, 3.63) is 29.3 Å². The predicted octanol–water partition coefficient (Wildman–Crippen LogP) is 3.64. The van der Waals surface area contributed by atoms with E-state index in [1.807, 2.05) is 0 Å². The zero-order valence-corrected chi connectivity index (χ0v) is 15.0. The molecule has 0 aliphatic heterocycles. The number of hydrogen-bond donors (Lipinski definition) is 0. The van der Waals surface area contributed by atoms with Crippen molar-refractivity contribution in [1.29, 1.82) is 0 Å². The first-order valence-corrected chi connectivity index (χ1v) is 9.45. The summed E-state index contributed by atoms with van der Waals surface area (Å²) < 4.78 is 51.2. The molecular weight excluding hydrogens is 361 g/mol. The second kappa shape index (κ2) is 6.69. The van der Waals surface area contributed by atoms with Crippen LogP contribution in [0.1, 0.15) is 54.9 Å². The Morgan fingerprint density at radius 2 is 1.70 bits per heavy atom. The highest BCUT2D eigenvalue weighted by atomic mass is 19.4. The van der Waals surface area contributed by atoms with E-state index in [9.17, 15) is 23.1 Å². The third-order valence-corrected chi connectivity index (χ3v) is 6.30. The molecule has 4 bridgehead atoms. The largest absolute Gasteiger partial charge is 0.545 e. The minimum atomic E-state index is -4.65. The monoisotopic (exact) mass is 383 g/mol. The van der Waals surface area contributed by atoms with Crippen LogP contribution in [-0.2, 0) is 10.9 Å². The number of alkyl halides is 3. The van der Waals surface area contributed by atoms with Crippen LogP contribution in [-0.4, -0.2) is 18.4 Å². The highest BCUT2D eigenvalue weighted by Gasteiger charge is 2.49. The Morgan fingerprint density at radius 1 is 1.11 bits per heavy atom. The summed E-state index contributed by atoms with van der Waals surface area (Å²) >= 11 is 0. The first-order chi connectivity index (χ1) is 12.7. The number of benzene rings is 1. The molecule has 7 heteroatoms. The van der Waals surface area contributed by atoms with Gasteiger partial charge in [-0.2, -0.15) is 13.2 Å². The fourth-order valence-corrected chi connectivity index (χ4v) is 5.51. The van der Waals surface area contributed by atoms with Gasteiger partial charge in [-0.1, -0.05) is 6.07 Å². The van der Waals surface area contributed by atoms with Crippen LogP contribution in [0.4, 0.5) is 13.2 Å². The maximum absolute atomic E-state index is 13.2. The van der Waals surface area contributed by atoms with E-state index in [4.69, 9.17) is 9.47 Å². The number of aromatic carboxylic acids is 1. The van der Waals surface area contributed by atoms with Crippen molar-refractivity contribution in [2.75, 3.05) is 0 Å². The normalized spacial score (nSPS) is 33.1. The Balaban J connectivity index is 1.50. The van der Waals surface area contributed by atoms with Gasteiger partial charge >= 0.3 is 6.18 Å². The summed E-state index contributed by atoms with van der Waals surface area (Å²) in [4.78, 5) is 11.0. The number of halogens is 3. The molecule has 4 fully saturated rings. The van der Waals surface area contributed by atoms with E-state index in [2.05, 4.69) is 0 Å². The molecule has 1 unspecified atom stereocenters. The van der Waals surface area contributed by atoms with Gasteiger partial charge in [-0.05, 0) is 74.8 Å². The first-order valence-electron chi connectivity index (χ1n) is 9.45. The van der Waals surface area contributed by atoms with Crippen LogP contribution < -0.4 is 9.84 Å². The second-order valence-corrected chi connectivity index (χ2v) is 8.21. The van der Waals surface area contributed by atoms with Gasteiger partial charge in [0.05, 0.1) is 17.6 Å². The molecule has 4 nitrogen and oxygen atoms in total. The van der Waals surface area contributed by atoms with Gasteiger partial charge in [0.15, 0.2) is 6.29 Å². The molecule has 4 saturated carbocycles. The molecular formula is C20H22F3O4-. The molecule has 0 N–H and O–H groups in total. The van der Waals surface area contributed by atoms with Crippen LogP contribution in [0, 0.1) is 23.7 Å². The Bertz CT molecular complexity index is 702. The van der Waals surface area contributed by atoms with E-state index in [1.54, 1.807) is 6.92 Å². The van der Waals surface area contributed by atoms with Crippen molar-refractivity contribution in [2.45, 2.75) is 57.6 Å². The van der Waals surface area contributed by atoms with Crippen molar-refractivity contribution in [3.8, 4) is 5.75 Å². The Kier molecular flexibility index (Phi) is 4.61. The number of rotatable bonds is 5. The second-order valence-electron chi connectivity index (χ2n) is 8.21. The lowest BCUT2D eigenvalue weighted by molar-refractivity contribution is -0.255. The van der Waals surface area contributed by atoms with Gasteiger partial charge in [-0.25, -0.2) is 0 Å². The topological polar surface area (TPSA) is 58.6 Å². The highest BCUT2D eigenvalue weighted by Crippen LogP contribution is 2.55. The fourth-order valence-electron chi connectivity index (χ4n) is 5.51. The van der Waals surface area contributed by atoms with Gasteiger partial charge in [0, 0.05) is 5.56 Å². The first kappa shape index (κ1) is 18.6. The summed E-state index contributed by atoms with van der Waals surface area (Å²) in [6, 6.07) is 2.43. The minimum absolute atomic E-state index is 0.00598. The highest BCUT2D eigenvalue weighted by molar-refractivity contribution is 5.86. The van der Waals surface area contributed by atoms with Crippen LogP contribution in [0.5, 0.6) is 5.75 Å². The number of carboxylic acids is 1. The number of hydrogen-bond acceptors (Lipinski definition) is 4. The molecule has 0 amide bonds. The third kappa shape index (κ3) is 3.66. The van der Waals surface area contributed by atoms with Crippen LogP contribution in [0.2, 0.25) is 0 Å². The molecule has 0 heterocycles. The number of ether oxygens (including phenoxy) is 2. The van der Waals surface area contributed by atoms with E-state index in [1.165, 1.54) is 6.42 Å². The van der Waals surface area contributed by atoms with Crippen LogP contribution in [0.3, 0.4) is 0 Å². The average Bonchev–Trinajstić information content (AvgIpc) is 2.56. The molecule has 0 aromatic heterocycles. The van der Waals surface area contributed by atoms with Crippen molar-refractivity contribution in [1.82, 2.24) is 0 Å².